The summed E-state index contributed by atoms with van der Waals surface area (Å²) in [5.74, 6) is -1.45. The molecule has 1 aliphatic heterocycles. The Kier molecular flexibility index (Phi) is 11.0. The zero-order chi connectivity index (χ0) is 28.7. The fraction of sp³-hybridized carbons (Fsp3) is 0.167. The van der Waals surface area contributed by atoms with Crippen LogP contribution in [0.25, 0.3) is 26.9 Å². The maximum Gasteiger partial charge on any atom is 1.00 e. The maximum absolute atomic E-state index is 13.2. The summed E-state index contributed by atoms with van der Waals surface area (Å²) in [6.07, 6.45) is 4.96. The third kappa shape index (κ3) is 7.91. The van der Waals surface area contributed by atoms with Crippen LogP contribution in [0.15, 0.2) is 63.1 Å². The SMILES string of the molecule is CCn1c(=Cc2[se]c3sccc3[n+]2CS(=O)(=O)[O-])s/c(=C/C=C2\SC=C(c3ccccc3)N2CS(=O)(=O)[O-])c1=O.[K+]. The summed E-state index contributed by atoms with van der Waals surface area (Å²) in [7, 11) is -9.14. The molecule has 4 heterocycles. The van der Waals surface area contributed by atoms with Gasteiger partial charge in [0, 0.05) is 0 Å². The Hall–Kier alpha value is -0.634. The minimum atomic E-state index is -4.60. The maximum atomic E-state index is 13.2. The molecule has 41 heavy (non-hydrogen) atoms. The standard InChI is InChI=1S/C24H21N3O7S5Se.K/c1-2-25-21(12-22-27(15-39(32,33)34)17-10-11-35-24(17)40-22)37-19(23(25)28)8-9-20-26(14-38(29,30)31)18(13-36-20)16-6-4-3-5-7-16;/h3-13H,2,14-15H2,1H3,(H-,29,30,31,32,33,34);/q;+1/p-1/b19-8+,20-9-;. The smallest absolute Gasteiger partial charge is 1.00 e. The van der Waals surface area contributed by atoms with Gasteiger partial charge in [-0.25, -0.2) is 0 Å². The van der Waals surface area contributed by atoms with Gasteiger partial charge in [-0.05, 0) is 0 Å². The molecule has 4 aromatic rings. The van der Waals surface area contributed by atoms with Crippen LogP contribution in [0, 0.1) is 0 Å². The first-order valence-corrected chi connectivity index (χ1v) is 19.0. The number of hydrogen-bond donors (Lipinski definition) is 0. The van der Waals surface area contributed by atoms with Crippen LogP contribution in [0.2, 0.25) is 0 Å². The molecule has 1 aliphatic rings. The Bertz CT molecular complexity index is 2060. The topological polar surface area (TPSA) is 144 Å². The van der Waals surface area contributed by atoms with E-state index in [1.54, 1.807) is 34.3 Å². The van der Waals surface area contributed by atoms with Crippen molar-refractivity contribution in [3.63, 3.8) is 0 Å². The van der Waals surface area contributed by atoms with Gasteiger partial charge in [0.05, 0.1) is 0 Å². The second-order valence-electron chi connectivity index (χ2n) is 8.42. The molecule has 10 nitrogen and oxygen atoms in total. The summed E-state index contributed by atoms with van der Waals surface area (Å²) < 4.78 is 75.5. The zero-order valence-electron chi connectivity index (χ0n) is 21.6. The van der Waals surface area contributed by atoms with Gasteiger partial charge in [0.25, 0.3) is 0 Å². The number of rotatable bonds is 8. The summed E-state index contributed by atoms with van der Waals surface area (Å²) in [6, 6.07) is 10.9. The summed E-state index contributed by atoms with van der Waals surface area (Å²) in [6.45, 7) is 2.18. The fourth-order valence-electron chi connectivity index (χ4n) is 4.06. The molecule has 0 aliphatic carbocycles. The van der Waals surface area contributed by atoms with Crippen LogP contribution >= 0.6 is 34.4 Å². The molecule has 1 aromatic carbocycles. The number of hydrogen-bond acceptors (Lipinski definition) is 11. The first kappa shape index (κ1) is 33.3. The van der Waals surface area contributed by atoms with Crippen LogP contribution in [0.5, 0.6) is 0 Å². The van der Waals surface area contributed by atoms with Gasteiger partial charge in [-0.1, -0.05) is 18.2 Å². The third-order valence-corrected chi connectivity index (χ3v) is 12.6. The van der Waals surface area contributed by atoms with Crippen molar-refractivity contribution < 1.29 is 81.9 Å². The molecule has 0 saturated heterocycles. The third-order valence-electron chi connectivity index (χ3n) is 5.73. The zero-order valence-corrected chi connectivity index (χ0v) is 30.5. The number of thiophene rings is 1. The van der Waals surface area contributed by atoms with Gasteiger partial charge in [-0.3, -0.25) is 0 Å². The van der Waals surface area contributed by atoms with Crippen molar-refractivity contribution in [2.45, 2.75) is 19.3 Å². The van der Waals surface area contributed by atoms with E-state index in [4.69, 9.17) is 0 Å². The second-order valence-corrected chi connectivity index (χ2v) is 16.8. The Labute approximate surface area is 296 Å². The Balaban J connectivity index is 0.00000387. The van der Waals surface area contributed by atoms with Crippen molar-refractivity contribution in [1.82, 2.24) is 9.47 Å². The van der Waals surface area contributed by atoms with E-state index in [0.29, 0.717) is 36.6 Å². The molecular weight excluding hydrogens is 721 g/mol. The fourth-order valence-corrected chi connectivity index (χ4v) is 11.4. The normalized spacial score (nSPS) is 16.1. The molecule has 0 atom stereocenters. The van der Waals surface area contributed by atoms with Gasteiger partial charge >= 0.3 is 282 Å². The summed E-state index contributed by atoms with van der Waals surface area (Å²) in [5.41, 5.74) is 1.75. The number of thiazole rings is 1. The molecule has 3 aromatic heterocycles. The van der Waals surface area contributed by atoms with Gasteiger partial charge in [-0.15, -0.1) is 0 Å². The van der Waals surface area contributed by atoms with Crippen molar-refractivity contribution >= 4 is 96.1 Å². The molecule has 0 saturated carbocycles. The van der Waals surface area contributed by atoms with Crippen LogP contribution in [0.4, 0.5) is 0 Å². The van der Waals surface area contributed by atoms with Gasteiger partial charge in [0.15, 0.2) is 0 Å². The number of allylic oxidation sites excluding steroid dienone is 1. The van der Waals surface area contributed by atoms with Gasteiger partial charge in [0.2, 0.25) is 0 Å². The van der Waals surface area contributed by atoms with E-state index in [1.165, 1.54) is 43.9 Å². The van der Waals surface area contributed by atoms with Crippen molar-refractivity contribution in [2.75, 3.05) is 5.88 Å². The number of fused-ring (bicyclic) bond motifs is 1. The summed E-state index contributed by atoms with van der Waals surface area (Å²) in [4.78, 5) is 14.6. The Morgan fingerprint density at radius 3 is 2.44 bits per heavy atom. The molecule has 5 rings (SSSR count). The number of aromatic nitrogens is 2. The molecule has 0 N–H and O–H groups in total. The van der Waals surface area contributed by atoms with E-state index in [0.717, 1.165) is 9.14 Å². The predicted octanol–water partition coefficient (Wildman–Crippen LogP) is -2.00. The van der Waals surface area contributed by atoms with E-state index < -0.39 is 32.0 Å². The van der Waals surface area contributed by atoms with Crippen molar-refractivity contribution in [2.24, 2.45) is 0 Å². The molecule has 210 valence electrons. The molecule has 0 spiro atoms. The molecule has 0 bridgehead atoms. The largest absolute Gasteiger partial charge is 1.00 e. The van der Waals surface area contributed by atoms with Crippen LogP contribution in [0.1, 0.15) is 17.1 Å². The van der Waals surface area contributed by atoms with E-state index in [-0.39, 0.29) is 71.4 Å². The van der Waals surface area contributed by atoms with Crippen molar-refractivity contribution in [3.8, 4) is 0 Å². The van der Waals surface area contributed by atoms with E-state index in [1.807, 2.05) is 42.6 Å². The minimum Gasteiger partial charge on any atom is 1.00 e. The molecule has 0 unspecified atom stereocenters. The van der Waals surface area contributed by atoms with E-state index >= 15 is 0 Å². The van der Waals surface area contributed by atoms with Crippen molar-refractivity contribution in [3.05, 3.63) is 88.0 Å². The average molecular weight is 741 g/mol. The molecule has 0 fully saturated rings. The van der Waals surface area contributed by atoms with Gasteiger partial charge < -0.3 is 0 Å². The van der Waals surface area contributed by atoms with Crippen molar-refractivity contribution in [1.29, 1.82) is 0 Å². The molecule has 0 amide bonds. The minimum absolute atomic E-state index is 0. The van der Waals surface area contributed by atoms with E-state index in [2.05, 4.69) is 0 Å². The van der Waals surface area contributed by atoms with Crippen LogP contribution in [-0.2, 0) is 32.7 Å². The average Bonchev–Trinajstić information content (AvgIpc) is 3.62. The summed E-state index contributed by atoms with van der Waals surface area (Å²) >= 11 is 3.71. The molecule has 17 heteroatoms. The van der Waals surface area contributed by atoms with E-state index in [9.17, 15) is 30.7 Å². The molecule has 0 radical (unpaired) electrons. The Morgan fingerprint density at radius 1 is 1.05 bits per heavy atom. The van der Waals surface area contributed by atoms with Crippen LogP contribution in [-0.4, -0.2) is 55.8 Å². The monoisotopic (exact) mass is 741 g/mol. The number of benzene rings is 1. The van der Waals surface area contributed by atoms with Gasteiger partial charge in [0.1, 0.15) is 0 Å². The first-order valence-electron chi connectivity index (χ1n) is 11.5. The second kappa shape index (κ2) is 13.6. The number of thioether (sulfide) groups is 1. The predicted molar refractivity (Wildman–Crippen MR) is 157 cm³/mol. The Morgan fingerprint density at radius 2 is 1.78 bits per heavy atom. The van der Waals surface area contributed by atoms with Crippen LogP contribution in [0.3, 0.4) is 0 Å². The first-order chi connectivity index (χ1) is 18.9. The van der Waals surface area contributed by atoms with Crippen LogP contribution < -0.4 is 70.7 Å². The quantitative estimate of drug-likeness (QED) is 0.114. The van der Waals surface area contributed by atoms with Gasteiger partial charge in [-0.2, -0.15) is 0 Å². The number of nitrogens with zero attached hydrogens (tertiary/aromatic N) is 3. The molecular formula is C24H20KN3O7S5Se. The summed E-state index contributed by atoms with van der Waals surface area (Å²) in [5, 5.41) is 4.08.